The second-order valence-electron chi connectivity index (χ2n) is 4.36. The largest absolute Gasteiger partial charge is 0.472 e. The van der Waals surface area contributed by atoms with E-state index in [0.717, 1.165) is 5.56 Å². The van der Waals surface area contributed by atoms with E-state index >= 15 is 0 Å². The first-order valence-electron chi connectivity index (χ1n) is 5.21. The van der Waals surface area contributed by atoms with Crippen LogP contribution in [0.15, 0.2) is 23.0 Å². The first-order valence-corrected chi connectivity index (χ1v) is 6.08. The van der Waals surface area contributed by atoms with Crippen LogP contribution in [0.25, 0.3) is 0 Å². The molecule has 0 aliphatic carbocycles. The monoisotopic (exact) mass is 277 g/mol. The fraction of sp³-hybridized carbons (Fsp3) is 0.545. The van der Waals surface area contributed by atoms with Gasteiger partial charge in [-0.25, -0.2) is 0 Å². The molecule has 1 aromatic heterocycles. The highest BCUT2D eigenvalue weighted by atomic mass is 35.5. The molecule has 1 fully saturated rings. The van der Waals surface area contributed by atoms with Gasteiger partial charge in [-0.2, -0.15) is 0 Å². The molecule has 94 valence electrons. The van der Waals surface area contributed by atoms with E-state index in [9.17, 15) is 4.79 Å². The van der Waals surface area contributed by atoms with Gasteiger partial charge in [-0.1, -0.05) is 23.2 Å². The molecule has 1 unspecified atom stereocenters. The topological polar surface area (TPSA) is 42.7 Å². The summed E-state index contributed by atoms with van der Waals surface area (Å²) in [4.78, 5) is 12.3. The second kappa shape index (κ2) is 4.52. The van der Waals surface area contributed by atoms with E-state index in [-0.39, 0.29) is 12.0 Å². The Morgan fingerprint density at radius 2 is 2.29 bits per heavy atom. The highest BCUT2D eigenvalue weighted by molar-refractivity contribution is 6.53. The van der Waals surface area contributed by atoms with E-state index in [1.54, 1.807) is 26.4 Å². The Hall–Kier alpha value is -0.710. The number of alkyl halides is 2. The van der Waals surface area contributed by atoms with E-state index in [1.165, 1.54) is 4.90 Å². The number of furan rings is 1. The summed E-state index contributed by atoms with van der Waals surface area (Å²) in [7, 11) is 0. The molecule has 1 aromatic rings. The first-order chi connectivity index (χ1) is 7.92. The third-order valence-electron chi connectivity index (χ3n) is 2.80. The molecule has 0 saturated carbocycles. The molecule has 1 atom stereocenters. The zero-order chi connectivity index (χ0) is 12.6. The van der Waals surface area contributed by atoms with Gasteiger partial charge in [0.05, 0.1) is 19.1 Å². The van der Waals surface area contributed by atoms with Gasteiger partial charge < -0.3 is 14.1 Å². The molecule has 4 nitrogen and oxygen atoms in total. The molecule has 2 heterocycles. The Morgan fingerprint density at radius 1 is 1.59 bits per heavy atom. The Balaban J connectivity index is 2.18. The van der Waals surface area contributed by atoms with Crippen molar-refractivity contribution in [1.29, 1.82) is 0 Å². The van der Waals surface area contributed by atoms with Crippen LogP contribution >= 0.6 is 23.2 Å². The first kappa shape index (κ1) is 12.7. The van der Waals surface area contributed by atoms with E-state index in [2.05, 4.69) is 0 Å². The highest BCUT2D eigenvalue weighted by Gasteiger charge is 2.44. The number of rotatable bonds is 2. The molecule has 1 aliphatic rings. The smallest absolute Gasteiger partial charge is 0.258 e. The van der Waals surface area contributed by atoms with Crippen molar-refractivity contribution in [2.24, 2.45) is 0 Å². The Bertz CT molecular complexity index is 403. The van der Waals surface area contributed by atoms with E-state index in [4.69, 9.17) is 32.4 Å². The van der Waals surface area contributed by atoms with Crippen LogP contribution in [0.1, 0.15) is 25.5 Å². The molecule has 1 aliphatic heterocycles. The minimum atomic E-state index is -1.07. The van der Waals surface area contributed by atoms with Crippen molar-refractivity contribution in [1.82, 2.24) is 4.90 Å². The molecule has 0 radical (unpaired) electrons. The lowest BCUT2D eigenvalue weighted by molar-refractivity contribution is -0.144. The van der Waals surface area contributed by atoms with Crippen molar-refractivity contribution in [2.75, 3.05) is 6.54 Å². The average molecular weight is 278 g/mol. The lowest BCUT2D eigenvalue weighted by Gasteiger charge is -2.30. The predicted octanol–water partition coefficient (Wildman–Crippen LogP) is 2.72. The normalized spacial score (nSPS) is 23.4. The molecule has 6 heteroatoms. The highest BCUT2D eigenvalue weighted by Crippen LogP contribution is 2.36. The van der Waals surface area contributed by atoms with Crippen molar-refractivity contribution in [2.45, 2.75) is 30.5 Å². The summed E-state index contributed by atoms with van der Waals surface area (Å²) in [5.74, 6) is -0.343. The van der Waals surface area contributed by atoms with Gasteiger partial charge in [-0.05, 0) is 19.9 Å². The van der Waals surface area contributed by atoms with Crippen LogP contribution in [0.2, 0.25) is 0 Å². The summed E-state index contributed by atoms with van der Waals surface area (Å²) in [6.45, 7) is 4.03. The lowest BCUT2D eigenvalue weighted by Crippen LogP contribution is -2.45. The van der Waals surface area contributed by atoms with Crippen LogP contribution < -0.4 is 0 Å². The van der Waals surface area contributed by atoms with Crippen LogP contribution in [0.4, 0.5) is 0 Å². The summed E-state index contributed by atoms with van der Waals surface area (Å²) in [6, 6.07) is 1.81. The van der Waals surface area contributed by atoms with Crippen LogP contribution in [0, 0.1) is 0 Å². The SMILES string of the molecule is CC1(C)OC(c2ccoc2)CN1C(=O)C(Cl)Cl. The second-order valence-corrected chi connectivity index (χ2v) is 5.46. The molecule has 1 saturated heterocycles. The standard InChI is InChI=1S/C11H13Cl2NO3/c1-11(2)14(10(15)9(12)13)5-8(17-11)7-3-4-16-6-7/h3-4,6,8-9H,5H2,1-2H3. The van der Waals surface area contributed by atoms with E-state index in [0.29, 0.717) is 6.54 Å². The van der Waals surface area contributed by atoms with Crippen molar-refractivity contribution >= 4 is 29.1 Å². The number of carbonyl (C=O) groups excluding carboxylic acids is 1. The average Bonchev–Trinajstić information content (AvgIpc) is 2.83. The molecular formula is C11H13Cl2NO3. The number of hydrogen-bond acceptors (Lipinski definition) is 3. The maximum absolute atomic E-state index is 11.8. The number of ether oxygens (including phenoxy) is 1. The number of halogens is 2. The van der Waals surface area contributed by atoms with Crippen LogP contribution in [0.3, 0.4) is 0 Å². The van der Waals surface area contributed by atoms with Gasteiger partial charge in [0.2, 0.25) is 0 Å². The molecule has 2 rings (SSSR count). The number of nitrogens with zero attached hydrogens (tertiary/aromatic N) is 1. The molecule has 17 heavy (non-hydrogen) atoms. The maximum atomic E-state index is 11.8. The van der Waals surface area contributed by atoms with E-state index < -0.39 is 10.6 Å². The summed E-state index contributed by atoms with van der Waals surface area (Å²) in [5.41, 5.74) is 0.176. The number of amides is 1. The summed E-state index contributed by atoms with van der Waals surface area (Å²) < 4.78 is 10.8. The third kappa shape index (κ3) is 2.44. The van der Waals surface area contributed by atoms with Gasteiger partial charge >= 0.3 is 0 Å². The Kier molecular flexibility index (Phi) is 3.39. The van der Waals surface area contributed by atoms with Gasteiger partial charge in [-0.15, -0.1) is 0 Å². The molecule has 0 bridgehead atoms. The Morgan fingerprint density at radius 3 is 2.82 bits per heavy atom. The number of carbonyl (C=O) groups is 1. The predicted molar refractivity (Wildman–Crippen MR) is 63.8 cm³/mol. The van der Waals surface area contributed by atoms with Crippen LogP contribution in [0.5, 0.6) is 0 Å². The van der Waals surface area contributed by atoms with Crippen molar-refractivity contribution in [3.63, 3.8) is 0 Å². The molecule has 1 amide bonds. The summed E-state index contributed by atoms with van der Waals surface area (Å²) in [5, 5.41) is 0. The van der Waals surface area contributed by atoms with Gasteiger partial charge in [0.25, 0.3) is 5.91 Å². The molecule has 0 N–H and O–H groups in total. The molecule has 0 aromatic carbocycles. The zero-order valence-electron chi connectivity index (χ0n) is 9.52. The van der Waals surface area contributed by atoms with Gasteiger partial charge in [0, 0.05) is 5.56 Å². The third-order valence-corrected chi connectivity index (χ3v) is 3.17. The molecule has 0 spiro atoms. The fourth-order valence-corrected chi connectivity index (χ4v) is 2.18. The van der Waals surface area contributed by atoms with Gasteiger partial charge in [0.15, 0.2) is 4.84 Å². The Labute approximate surface area is 109 Å². The van der Waals surface area contributed by atoms with Crippen molar-refractivity contribution < 1.29 is 13.9 Å². The van der Waals surface area contributed by atoms with Crippen LogP contribution in [-0.4, -0.2) is 27.9 Å². The van der Waals surface area contributed by atoms with Crippen LogP contribution in [-0.2, 0) is 9.53 Å². The van der Waals surface area contributed by atoms with Gasteiger partial charge in [0.1, 0.15) is 11.8 Å². The molecular weight excluding hydrogens is 265 g/mol. The minimum absolute atomic E-state index is 0.209. The van der Waals surface area contributed by atoms with Crippen molar-refractivity contribution in [3.05, 3.63) is 24.2 Å². The zero-order valence-corrected chi connectivity index (χ0v) is 11.0. The number of hydrogen-bond donors (Lipinski definition) is 0. The summed E-state index contributed by atoms with van der Waals surface area (Å²) >= 11 is 11.2. The maximum Gasteiger partial charge on any atom is 0.258 e. The summed E-state index contributed by atoms with van der Waals surface area (Å²) in [6.07, 6.45) is 2.97. The quantitative estimate of drug-likeness (QED) is 0.781. The van der Waals surface area contributed by atoms with Crippen molar-refractivity contribution in [3.8, 4) is 0 Å². The van der Waals surface area contributed by atoms with E-state index in [1.807, 2.05) is 6.07 Å². The lowest BCUT2D eigenvalue weighted by atomic mass is 10.2. The minimum Gasteiger partial charge on any atom is -0.472 e. The van der Waals surface area contributed by atoms with Gasteiger partial charge in [-0.3, -0.25) is 4.79 Å². The fourth-order valence-electron chi connectivity index (χ4n) is 1.94.